The third kappa shape index (κ3) is 3.84. The Kier molecular flexibility index (Phi) is 4.44. The highest BCUT2D eigenvalue weighted by molar-refractivity contribution is 5.12. The minimum Gasteiger partial charge on any atom is -0.468 e. The lowest BCUT2D eigenvalue weighted by atomic mass is 10.2. The summed E-state index contributed by atoms with van der Waals surface area (Å²) >= 11 is 0. The molecular weight excluding hydrogens is 250 g/mol. The zero-order valence-corrected chi connectivity index (χ0v) is 12.8. The molecule has 1 saturated carbocycles. The van der Waals surface area contributed by atoms with Gasteiger partial charge < -0.3 is 9.73 Å². The Bertz CT molecular complexity index is 417. The molecule has 0 spiro atoms. The second kappa shape index (κ2) is 6.29. The van der Waals surface area contributed by atoms with E-state index in [4.69, 9.17) is 4.42 Å². The van der Waals surface area contributed by atoms with Crippen LogP contribution in [0, 0.1) is 0 Å². The number of hydrogen-bond donors (Lipinski definition) is 1. The highest BCUT2D eigenvalue weighted by Gasteiger charge is 2.31. The zero-order chi connectivity index (χ0) is 13.9. The molecule has 1 aromatic heterocycles. The fraction of sp³-hybridized carbons (Fsp3) is 0.750. The van der Waals surface area contributed by atoms with E-state index in [9.17, 15) is 0 Å². The van der Waals surface area contributed by atoms with Crippen LogP contribution in [0.1, 0.15) is 38.0 Å². The van der Waals surface area contributed by atoms with E-state index in [1.165, 1.54) is 44.6 Å². The summed E-state index contributed by atoms with van der Waals surface area (Å²) in [7, 11) is 0. The van der Waals surface area contributed by atoms with Crippen molar-refractivity contribution >= 4 is 0 Å². The van der Waals surface area contributed by atoms with Crippen molar-refractivity contribution in [3.63, 3.8) is 0 Å². The third-order valence-corrected chi connectivity index (χ3v) is 4.27. The Labute approximate surface area is 122 Å². The number of rotatable bonds is 6. The molecule has 1 saturated heterocycles. The second-order valence-electron chi connectivity index (χ2n) is 6.50. The summed E-state index contributed by atoms with van der Waals surface area (Å²) in [5.74, 6) is 1.10. The van der Waals surface area contributed by atoms with Gasteiger partial charge in [-0.05, 0) is 18.9 Å². The monoisotopic (exact) mass is 277 g/mol. The molecule has 1 aliphatic carbocycles. The molecule has 0 bridgehead atoms. The fourth-order valence-electron chi connectivity index (χ4n) is 2.87. The van der Waals surface area contributed by atoms with E-state index in [0.717, 1.165) is 24.9 Å². The summed E-state index contributed by atoms with van der Waals surface area (Å²) < 4.78 is 5.69. The van der Waals surface area contributed by atoms with Gasteiger partial charge in [-0.25, -0.2) is 0 Å². The summed E-state index contributed by atoms with van der Waals surface area (Å²) in [6.07, 6.45) is 4.74. The molecule has 0 unspecified atom stereocenters. The lowest BCUT2D eigenvalue weighted by Gasteiger charge is -2.34. The summed E-state index contributed by atoms with van der Waals surface area (Å²) in [5, 5.41) is 3.42. The standard InChI is InChI=1S/C16H27N3O/c1-13(2)17-10-14-9-16(20-12-14)11-18-5-7-19(8-6-18)15-3-4-15/h9,12-13,15,17H,3-8,10-11H2,1-2H3. The Morgan fingerprint density at radius 1 is 1.25 bits per heavy atom. The molecule has 1 N–H and O–H groups in total. The van der Waals surface area contributed by atoms with Crippen LogP contribution in [0.4, 0.5) is 0 Å². The highest BCUT2D eigenvalue weighted by Crippen LogP contribution is 2.27. The molecule has 4 heteroatoms. The van der Waals surface area contributed by atoms with Crippen molar-refractivity contribution in [2.45, 2.75) is 51.9 Å². The predicted octanol–water partition coefficient (Wildman–Crippen LogP) is 2.06. The molecule has 3 rings (SSSR count). The Morgan fingerprint density at radius 2 is 2.00 bits per heavy atom. The van der Waals surface area contributed by atoms with Crippen LogP contribution in [0.15, 0.2) is 16.7 Å². The lowest BCUT2D eigenvalue weighted by molar-refractivity contribution is 0.115. The molecule has 0 radical (unpaired) electrons. The number of piperazine rings is 1. The van der Waals surface area contributed by atoms with Gasteiger partial charge in [0.25, 0.3) is 0 Å². The minimum atomic E-state index is 0.517. The van der Waals surface area contributed by atoms with Gasteiger partial charge in [-0.15, -0.1) is 0 Å². The second-order valence-corrected chi connectivity index (χ2v) is 6.50. The topological polar surface area (TPSA) is 31.7 Å². The van der Waals surface area contributed by atoms with Crippen LogP contribution in [-0.4, -0.2) is 48.1 Å². The van der Waals surface area contributed by atoms with Crippen molar-refractivity contribution in [2.24, 2.45) is 0 Å². The first-order valence-electron chi connectivity index (χ1n) is 7.97. The summed E-state index contributed by atoms with van der Waals surface area (Å²) in [5.41, 5.74) is 1.25. The maximum Gasteiger partial charge on any atom is 0.118 e. The normalized spacial score (nSPS) is 21.8. The Morgan fingerprint density at radius 3 is 2.65 bits per heavy atom. The summed E-state index contributed by atoms with van der Waals surface area (Å²) in [6, 6.07) is 3.63. The van der Waals surface area contributed by atoms with Gasteiger partial charge in [0.2, 0.25) is 0 Å². The van der Waals surface area contributed by atoms with Crippen LogP contribution in [0.3, 0.4) is 0 Å². The lowest BCUT2D eigenvalue weighted by Crippen LogP contribution is -2.46. The smallest absolute Gasteiger partial charge is 0.118 e. The van der Waals surface area contributed by atoms with E-state index in [0.29, 0.717) is 6.04 Å². The number of hydrogen-bond acceptors (Lipinski definition) is 4. The number of nitrogens with one attached hydrogen (secondary N) is 1. The van der Waals surface area contributed by atoms with Crippen molar-refractivity contribution < 1.29 is 4.42 Å². The summed E-state index contributed by atoms with van der Waals surface area (Å²) in [4.78, 5) is 5.16. The van der Waals surface area contributed by atoms with Gasteiger partial charge >= 0.3 is 0 Å². The van der Waals surface area contributed by atoms with Gasteiger partial charge in [0.05, 0.1) is 12.8 Å². The average Bonchev–Trinajstić information content (AvgIpc) is 3.19. The first kappa shape index (κ1) is 14.1. The van der Waals surface area contributed by atoms with Crippen LogP contribution in [0.25, 0.3) is 0 Å². The molecular formula is C16H27N3O. The summed E-state index contributed by atoms with van der Waals surface area (Å²) in [6.45, 7) is 11.0. The number of nitrogens with zero attached hydrogens (tertiary/aromatic N) is 2. The van der Waals surface area contributed by atoms with E-state index in [1.807, 2.05) is 6.26 Å². The number of furan rings is 1. The van der Waals surface area contributed by atoms with Crippen LogP contribution < -0.4 is 5.32 Å². The fourth-order valence-corrected chi connectivity index (χ4v) is 2.87. The molecule has 0 aromatic carbocycles. The molecule has 1 aliphatic heterocycles. The van der Waals surface area contributed by atoms with Gasteiger partial charge in [-0.3, -0.25) is 9.80 Å². The average molecular weight is 277 g/mol. The zero-order valence-electron chi connectivity index (χ0n) is 12.8. The largest absolute Gasteiger partial charge is 0.468 e. The van der Waals surface area contributed by atoms with Crippen molar-refractivity contribution in [3.05, 3.63) is 23.7 Å². The van der Waals surface area contributed by atoms with E-state index < -0.39 is 0 Å². The first-order chi connectivity index (χ1) is 9.70. The van der Waals surface area contributed by atoms with Crippen LogP contribution in [0.5, 0.6) is 0 Å². The van der Waals surface area contributed by atoms with E-state index in [1.54, 1.807) is 0 Å². The quantitative estimate of drug-likeness (QED) is 0.862. The maximum atomic E-state index is 5.69. The van der Waals surface area contributed by atoms with Crippen molar-refractivity contribution in [3.8, 4) is 0 Å². The van der Waals surface area contributed by atoms with Gasteiger partial charge in [-0.2, -0.15) is 0 Å². The van der Waals surface area contributed by atoms with Gasteiger partial charge in [0.15, 0.2) is 0 Å². The highest BCUT2D eigenvalue weighted by atomic mass is 16.3. The Balaban J connectivity index is 1.43. The molecule has 20 heavy (non-hydrogen) atoms. The molecule has 0 amide bonds. The van der Waals surface area contributed by atoms with E-state index in [-0.39, 0.29) is 0 Å². The molecule has 0 atom stereocenters. The SMILES string of the molecule is CC(C)NCc1coc(CN2CCN(C3CC3)CC2)c1. The van der Waals surface area contributed by atoms with Crippen LogP contribution in [-0.2, 0) is 13.1 Å². The molecule has 4 nitrogen and oxygen atoms in total. The van der Waals surface area contributed by atoms with Crippen molar-refractivity contribution in [1.29, 1.82) is 0 Å². The van der Waals surface area contributed by atoms with Crippen LogP contribution in [0.2, 0.25) is 0 Å². The van der Waals surface area contributed by atoms with Gasteiger partial charge in [-0.1, -0.05) is 13.8 Å². The molecule has 2 aliphatic rings. The maximum absolute atomic E-state index is 5.69. The van der Waals surface area contributed by atoms with E-state index >= 15 is 0 Å². The van der Waals surface area contributed by atoms with Crippen molar-refractivity contribution in [1.82, 2.24) is 15.1 Å². The Hall–Kier alpha value is -0.840. The molecule has 112 valence electrons. The molecule has 1 aromatic rings. The molecule has 2 heterocycles. The predicted molar refractivity (Wildman–Crippen MR) is 80.6 cm³/mol. The van der Waals surface area contributed by atoms with E-state index in [2.05, 4.69) is 35.0 Å². The first-order valence-corrected chi connectivity index (χ1v) is 7.97. The third-order valence-electron chi connectivity index (χ3n) is 4.27. The van der Waals surface area contributed by atoms with Crippen molar-refractivity contribution in [2.75, 3.05) is 26.2 Å². The van der Waals surface area contributed by atoms with Gasteiger partial charge in [0.1, 0.15) is 5.76 Å². The minimum absolute atomic E-state index is 0.517. The molecule has 2 fully saturated rings. The van der Waals surface area contributed by atoms with Crippen LogP contribution >= 0.6 is 0 Å². The van der Waals surface area contributed by atoms with Gasteiger partial charge in [0, 0.05) is 50.4 Å².